The van der Waals surface area contributed by atoms with Gasteiger partial charge in [0, 0.05) is 18.1 Å². The molecule has 1 amide bonds. The maximum Gasteiger partial charge on any atom is 0.300 e. The third-order valence-electron chi connectivity index (χ3n) is 2.06. The Morgan fingerprint density at radius 1 is 1.68 bits per heavy atom. The zero-order valence-corrected chi connectivity index (χ0v) is 11.5. The minimum atomic E-state index is -0.662. The summed E-state index contributed by atoms with van der Waals surface area (Å²) < 4.78 is 0. The number of nitro groups is 1. The molecule has 0 aliphatic rings. The molecule has 1 rings (SSSR count). The van der Waals surface area contributed by atoms with Crippen molar-refractivity contribution in [2.24, 2.45) is 0 Å². The summed E-state index contributed by atoms with van der Waals surface area (Å²) >= 11 is 7.24. The van der Waals surface area contributed by atoms with E-state index in [1.54, 1.807) is 17.8 Å². The standard InChI is InChI=1S/C11H12ClN3O3S/c1-2-4-19-5-3-13-11(16)8-6-10(12)14-7-9(8)15(17)18/h2,6-7H,1,3-5H2,(H,13,16). The van der Waals surface area contributed by atoms with Gasteiger partial charge in [-0.2, -0.15) is 11.8 Å². The van der Waals surface area contributed by atoms with Crippen molar-refractivity contribution in [3.05, 3.63) is 45.7 Å². The molecule has 0 aliphatic carbocycles. The molecule has 0 saturated carbocycles. The van der Waals surface area contributed by atoms with Gasteiger partial charge in [-0.1, -0.05) is 17.7 Å². The Hall–Kier alpha value is -1.60. The highest BCUT2D eigenvalue weighted by molar-refractivity contribution is 7.99. The second kappa shape index (κ2) is 7.75. The van der Waals surface area contributed by atoms with E-state index in [0.717, 1.165) is 11.9 Å². The van der Waals surface area contributed by atoms with Crippen molar-refractivity contribution in [1.29, 1.82) is 0 Å². The lowest BCUT2D eigenvalue weighted by Gasteiger charge is -2.05. The highest BCUT2D eigenvalue weighted by Gasteiger charge is 2.20. The van der Waals surface area contributed by atoms with Crippen LogP contribution >= 0.6 is 23.4 Å². The largest absolute Gasteiger partial charge is 0.351 e. The Morgan fingerprint density at radius 2 is 2.42 bits per heavy atom. The Bertz CT molecular complexity index is 496. The molecule has 0 radical (unpaired) electrons. The van der Waals surface area contributed by atoms with Crippen LogP contribution in [-0.4, -0.2) is 33.9 Å². The summed E-state index contributed by atoms with van der Waals surface area (Å²) in [5.74, 6) is 0.955. The first-order valence-corrected chi connectivity index (χ1v) is 6.86. The van der Waals surface area contributed by atoms with E-state index in [9.17, 15) is 14.9 Å². The highest BCUT2D eigenvalue weighted by Crippen LogP contribution is 2.20. The maximum absolute atomic E-state index is 11.8. The number of carbonyl (C=O) groups is 1. The molecule has 102 valence electrons. The highest BCUT2D eigenvalue weighted by atomic mass is 35.5. The number of carbonyl (C=O) groups excluding carboxylic acids is 1. The SMILES string of the molecule is C=CCSCCNC(=O)c1cc(Cl)ncc1[N+](=O)[O-]. The lowest BCUT2D eigenvalue weighted by molar-refractivity contribution is -0.385. The van der Waals surface area contributed by atoms with Gasteiger partial charge in [-0.25, -0.2) is 4.98 Å². The van der Waals surface area contributed by atoms with Gasteiger partial charge in [0.2, 0.25) is 0 Å². The molecule has 19 heavy (non-hydrogen) atoms. The van der Waals surface area contributed by atoms with E-state index in [-0.39, 0.29) is 16.4 Å². The summed E-state index contributed by atoms with van der Waals surface area (Å²) in [6.45, 7) is 3.99. The minimum absolute atomic E-state index is 0.0387. The van der Waals surface area contributed by atoms with Crippen molar-refractivity contribution in [3.8, 4) is 0 Å². The third-order valence-corrected chi connectivity index (χ3v) is 3.23. The van der Waals surface area contributed by atoms with Crippen LogP contribution in [0.2, 0.25) is 5.15 Å². The van der Waals surface area contributed by atoms with Crippen molar-refractivity contribution in [3.63, 3.8) is 0 Å². The molecule has 0 fully saturated rings. The molecule has 0 atom stereocenters. The molecule has 1 aromatic rings. The summed E-state index contributed by atoms with van der Waals surface area (Å²) in [7, 11) is 0. The second-order valence-electron chi connectivity index (χ2n) is 3.40. The third kappa shape index (κ3) is 4.88. The fourth-order valence-electron chi connectivity index (χ4n) is 1.25. The first kappa shape index (κ1) is 15.5. The fourth-order valence-corrected chi connectivity index (χ4v) is 1.99. The molecule has 0 bridgehead atoms. The lowest BCUT2D eigenvalue weighted by Crippen LogP contribution is -2.26. The van der Waals surface area contributed by atoms with Crippen LogP contribution < -0.4 is 5.32 Å². The molecule has 0 unspecified atom stereocenters. The van der Waals surface area contributed by atoms with Crippen LogP contribution in [0.3, 0.4) is 0 Å². The van der Waals surface area contributed by atoms with Gasteiger partial charge >= 0.3 is 0 Å². The number of pyridine rings is 1. The van der Waals surface area contributed by atoms with Crippen LogP contribution in [0.15, 0.2) is 24.9 Å². The molecule has 1 heterocycles. The average molecular weight is 302 g/mol. The lowest BCUT2D eigenvalue weighted by atomic mass is 10.2. The summed E-state index contributed by atoms with van der Waals surface area (Å²) in [6, 6.07) is 1.19. The Labute approximate surface area is 119 Å². The van der Waals surface area contributed by atoms with Crippen LogP contribution in [-0.2, 0) is 0 Å². The molecule has 0 saturated heterocycles. The van der Waals surface area contributed by atoms with Crippen LogP contribution in [0.1, 0.15) is 10.4 Å². The van der Waals surface area contributed by atoms with Crippen LogP contribution in [0.4, 0.5) is 5.69 Å². The normalized spacial score (nSPS) is 9.95. The van der Waals surface area contributed by atoms with Gasteiger partial charge in [0.1, 0.15) is 16.9 Å². The number of amides is 1. The smallest absolute Gasteiger partial charge is 0.300 e. The molecule has 0 aliphatic heterocycles. The van der Waals surface area contributed by atoms with E-state index in [1.807, 2.05) is 0 Å². The number of halogens is 1. The molecule has 1 aromatic heterocycles. The van der Waals surface area contributed by atoms with E-state index in [0.29, 0.717) is 12.3 Å². The Kier molecular flexibility index (Phi) is 6.31. The zero-order chi connectivity index (χ0) is 14.3. The Morgan fingerprint density at radius 3 is 3.05 bits per heavy atom. The molecule has 8 heteroatoms. The summed E-state index contributed by atoms with van der Waals surface area (Å²) in [4.78, 5) is 25.5. The Balaban J connectivity index is 2.68. The fraction of sp³-hybridized carbons (Fsp3) is 0.273. The number of thioether (sulfide) groups is 1. The van der Waals surface area contributed by atoms with Gasteiger partial charge in [-0.15, -0.1) is 6.58 Å². The van der Waals surface area contributed by atoms with E-state index >= 15 is 0 Å². The number of nitrogens with zero attached hydrogens (tertiary/aromatic N) is 2. The molecule has 0 aromatic carbocycles. The number of hydrogen-bond donors (Lipinski definition) is 1. The maximum atomic E-state index is 11.8. The number of aromatic nitrogens is 1. The molecule has 0 spiro atoms. The molecular formula is C11H12ClN3O3S. The molecule has 6 nitrogen and oxygen atoms in total. The first-order valence-electron chi connectivity index (χ1n) is 5.33. The predicted molar refractivity (Wildman–Crippen MR) is 75.8 cm³/mol. The summed E-state index contributed by atoms with van der Waals surface area (Å²) in [5.41, 5.74) is -0.445. The summed E-state index contributed by atoms with van der Waals surface area (Å²) in [6.07, 6.45) is 2.74. The van der Waals surface area contributed by atoms with Gasteiger partial charge in [-0.3, -0.25) is 14.9 Å². The van der Waals surface area contributed by atoms with Crippen LogP contribution in [0.25, 0.3) is 0 Å². The van der Waals surface area contributed by atoms with E-state index < -0.39 is 10.8 Å². The first-order chi connectivity index (χ1) is 9.06. The molecular weight excluding hydrogens is 290 g/mol. The van der Waals surface area contributed by atoms with Crippen molar-refractivity contribution in [2.75, 3.05) is 18.1 Å². The van der Waals surface area contributed by atoms with E-state index in [4.69, 9.17) is 11.6 Å². The zero-order valence-electron chi connectivity index (χ0n) is 9.97. The van der Waals surface area contributed by atoms with Gasteiger partial charge in [0.25, 0.3) is 11.6 Å². The predicted octanol–water partition coefficient (Wildman–Crippen LogP) is 2.29. The van der Waals surface area contributed by atoms with Gasteiger partial charge in [0.15, 0.2) is 0 Å². The van der Waals surface area contributed by atoms with E-state index in [1.165, 1.54) is 6.07 Å². The summed E-state index contributed by atoms with van der Waals surface area (Å²) in [5, 5.41) is 13.4. The second-order valence-corrected chi connectivity index (χ2v) is 4.94. The van der Waals surface area contributed by atoms with Crippen molar-refractivity contribution in [1.82, 2.24) is 10.3 Å². The monoisotopic (exact) mass is 301 g/mol. The van der Waals surface area contributed by atoms with E-state index in [2.05, 4.69) is 16.9 Å². The quantitative estimate of drug-likeness (QED) is 0.274. The van der Waals surface area contributed by atoms with Gasteiger partial charge in [-0.05, 0) is 6.07 Å². The van der Waals surface area contributed by atoms with Crippen molar-refractivity contribution < 1.29 is 9.72 Å². The van der Waals surface area contributed by atoms with Crippen molar-refractivity contribution >= 4 is 35.0 Å². The number of rotatable bonds is 7. The topological polar surface area (TPSA) is 85.1 Å². The van der Waals surface area contributed by atoms with Crippen LogP contribution in [0.5, 0.6) is 0 Å². The van der Waals surface area contributed by atoms with Gasteiger partial charge in [0.05, 0.1) is 4.92 Å². The van der Waals surface area contributed by atoms with Crippen LogP contribution in [0, 0.1) is 10.1 Å². The van der Waals surface area contributed by atoms with Gasteiger partial charge < -0.3 is 5.32 Å². The minimum Gasteiger partial charge on any atom is -0.351 e. The number of hydrogen-bond acceptors (Lipinski definition) is 5. The molecule has 1 N–H and O–H groups in total. The average Bonchev–Trinajstić information content (AvgIpc) is 2.37. The number of nitrogens with one attached hydrogen (secondary N) is 1. The van der Waals surface area contributed by atoms with Crippen molar-refractivity contribution in [2.45, 2.75) is 0 Å².